The third-order valence-electron chi connectivity index (χ3n) is 2.54. The van der Waals surface area contributed by atoms with Crippen LogP contribution >= 0.6 is 11.3 Å². The Kier molecular flexibility index (Phi) is 1.70. The Balaban J connectivity index is 2.53. The lowest BCUT2D eigenvalue weighted by Crippen LogP contribution is -1.79. The van der Waals surface area contributed by atoms with Crippen molar-refractivity contribution in [1.82, 2.24) is 4.98 Å². The highest BCUT2D eigenvalue weighted by Gasteiger charge is 2.05. The van der Waals surface area contributed by atoms with E-state index in [1.807, 2.05) is 6.07 Å². The minimum absolute atomic E-state index is 0.637. The number of hydrogen-bond acceptors (Lipinski definition) is 3. The number of nitrogens with two attached hydrogens (primary N) is 1. The lowest BCUT2D eigenvalue weighted by Gasteiger charge is -1.99. The Hall–Kier alpha value is -1.61. The van der Waals surface area contributed by atoms with Crippen LogP contribution in [0, 0.1) is 6.92 Å². The van der Waals surface area contributed by atoms with Crippen molar-refractivity contribution in [2.45, 2.75) is 6.92 Å². The average molecular weight is 214 g/mol. The fourth-order valence-corrected chi connectivity index (χ4v) is 2.72. The van der Waals surface area contributed by atoms with E-state index in [0.29, 0.717) is 5.13 Å². The SMILES string of the molecule is Cc1ccc2c(ccc3nc(N)sc32)c1. The summed E-state index contributed by atoms with van der Waals surface area (Å²) < 4.78 is 1.19. The number of rotatable bonds is 0. The maximum atomic E-state index is 5.72. The van der Waals surface area contributed by atoms with Gasteiger partial charge in [-0.05, 0) is 18.4 Å². The van der Waals surface area contributed by atoms with Crippen LogP contribution in [-0.2, 0) is 0 Å². The Morgan fingerprint density at radius 3 is 2.93 bits per heavy atom. The van der Waals surface area contributed by atoms with Crippen LogP contribution in [0.2, 0.25) is 0 Å². The first-order valence-corrected chi connectivity index (χ1v) is 5.61. The minimum Gasteiger partial charge on any atom is -0.375 e. The number of aromatic nitrogens is 1. The van der Waals surface area contributed by atoms with Gasteiger partial charge in [0.2, 0.25) is 0 Å². The lowest BCUT2D eigenvalue weighted by molar-refractivity contribution is 1.49. The summed E-state index contributed by atoms with van der Waals surface area (Å²) in [4.78, 5) is 4.28. The van der Waals surface area contributed by atoms with E-state index in [0.717, 1.165) is 5.52 Å². The van der Waals surface area contributed by atoms with Crippen molar-refractivity contribution in [3.8, 4) is 0 Å². The number of aryl methyl sites for hydroxylation is 1. The molecule has 0 saturated carbocycles. The molecule has 0 fully saturated rings. The van der Waals surface area contributed by atoms with Gasteiger partial charge < -0.3 is 5.73 Å². The van der Waals surface area contributed by atoms with Crippen molar-refractivity contribution in [2.24, 2.45) is 0 Å². The van der Waals surface area contributed by atoms with Gasteiger partial charge in [-0.15, -0.1) is 0 Å². The summed E-state index contributed by atoms with van der Waals surface area (Å²) in [6.45, 7) is 2.10. The molecule has 2 N–H and O–H groups in total. The van der Waals surface area contributed by atoms with E-state index in [1.165, 1.54) is 21.0 Å². The normalized spacial score (nSPS) is 11.3. The molecule has 0 aliphatic heterocycles. The van der Waals surface area contributed by atoms with Gasteiger partial charge >= 0.3 is 0 Å². The van der Waals surface area contributed by atoms with Crippen molar-refractivity contribution in [1.29, 1.82) is 0 Å². The van der Waals surface area contributed by atoms with Crippen molar-refractivity contribution < 1.29 is 0 Å². The summed E-state index contributed by atoms with van der Waals surface area (Å²) in [7, 11) is 0. The predicted molar refractivity (Wildman–Crippen MR) is 66.3 cm³/mol. The van der Waals surface area contributed by atoms with Crippen molar-refractivity contribution in [3.63, 3.8) is 0 Å². The zero-order valence-electron chi connectivity index (χ0n) is 8.32. The second-order valence-electron chi connectivity index (χ2n) is 3.69. The number of hydrogen-bond donors (Lipinski definition) is 1. The molecular weight excluding hydrogens is 204 g/mol. The Bertz CT molecular complexity index is 655. The Morgan fingerprint density at radius 1 is 1.20 bits per heavy atom. The van der Waals surface area contributed by atoms with Gasteiger partial charge in [0.1, 0.15) is 0 Å². The molecule has 3 heteroatoms. The van der Waals surface area contributed by atoms with Gasteiger partial charge in [0.05, 0.1) is 10.2 Å². The molecule has 3 aromatic rings. The molecule has 0 atom stereocenters. The maximum Gasteiger partial charge on any atom is 0.181 e. The van der Waals surface area contributed by atoms with Crippen LogP contribution in [0.25, 0.3) is 21.0 Å². The van der Waals surface area contributed by atoms with E-state index in [-0.39, 0.29) is 0 Å². The predicted octanol–water partition coefficient (Wildman–Crippen LogP) is 3.34. The zero-order valence-corrected chi connectivity index (χ0v) is 9.14. The first-order chi connectivity index (χ1) is 7.24. The van der Waals surface area contributed by atoms with Crippen molar-refractivity contribution in [2.75, 3.05) is 5.73 Å². The molecule has 0 saturated heterocycles. The molecule has 2 aromatic carbocycles. The maximum absolute atomic E-state index is 5.72. The number of anilines is 1. The standard InChI is InChI=1S/C12H10N2S/c1-7-2-4-9-8(6-7)3-5-10-11(9)15-12(13)14-10/h2-6H,1H3,(H2,13,14). The Morgan fingerprint density at radius 2 is 2.07 bits per heavy atom. The molecule has 15 heavy (non-hydrogen) atoms. The molecule has 1 aromatic heterocycles. The first-order valence-electron chi connectivity index (χ1n) is 4.79. The molecule has 0 aliphatic carbocycles. The molecule has 0 spiro atoms. The summed E-state index contributed by atoms with van der Waals surface area (Å²) in [5.41, 5.74) is 7.99. The molecule has 0 amide bonds. The topological polar surface area (TPSA) is 38.9 Å². The summed E-state index contributed by atoms with van der Waals surface area (Å²) in [5.74, 6) is 0. The van der Waals surface area contributed by atoms with Crippen LogP contribution in [0.3, 0.4) is 0 Å². The molecule has 0 aliphatic rings. The number of thiazole rings is 1. The lowest BCUT2D eigenvalue weighted by atomic mass is 10.1. The van der Waals surface area contributed by atoms with E-state index in [1.54, 1.807) is 11.3 Å². The highest BCUT2D eigenvalue weighted by Crippen LogP contribution is 2.31. The molecule has 74 valence electrons. The van der Waals surface area contributed by atoms with Crippen LogP contribution in [-0.4, -0.2) is 4.98 Å². The van der Waals surface area contributed by atoms with E-state index in [4.69, 9.17) is 5.73 Å². The van der Waals surface area contributed by atoms with Gasteiger partial charge in [0.25, 0.3) is 0 Å². The fraction of sp³-hybridized carbons (Fsp3) is 0.0833. The van der Waals surface area contributed by atoms with Crippen LogP contribution in [0.15, 0.2) is 30.3 Å². The third-order valence-corrected chi connectivity index (χ3v) is 3.48. The van der Waals surface area contributed by atoms with Crippen LogP contribution in [0.5, 0.6) is 0 Å². The highest BCUT2D eigenvalue weighted by molar-refractivity contribution is 7.23. The van der Waals surface area contributed by atoms with Gasteiger partial charge in [0, 0.05) is 5.39 Å². The van der Waals surface area contributed by atoms with Gasteiger partial charge in [-0.3, -0.25) is 0 Å². The van der Waals surface area contributed by atoms with Crippen LogP contribution in [0.1, 0.15) is 5.56 Å². The number of nitrogens with zero attached hydrogens (tertiary/aromatic N) is 1. The van der Waals surface area contributed by atoms with Crippen molar-refractivity contribution in [3.05, 3.63) is 35.9 Å². The molecule has 3 rings (SSSR count). The molecule has 2 nitrogen and oxygen atoms in total. The van der Waals surface area contributed by atoms with Gasteiger partial charge in [-0.2, -0.15) is 0 Å². The highest BCUT2D eigenvalue weighted by atomic mass is 32.1. The van der Waals surface area contributed by atoms with Gasteiger partial charge in [-0.1, -0.05) is 41.2 Å². The van der Waals surface area contributed by atoms with Crippen molar-refractivity contribution >= 4 is 37.5 Å². The number of benzene rings is 2. The quantitative estimate of drug-likeness (QED) is 0.623. The first kappa shape index (κ1) is 8.68. The second-order valence-corrected chi connectivity index (χ2v) is 4.72. The third kappa shape index (κ3) is 1.27. The fourth-order valence-electron chi connectivity index (χ4n) is 1.85. The summed E-state index contributed by atoms with van der Waals surface area (Å²) in [6, 6.07) is 10.6. The molecular formula is C12H10N2S. The molecule has 0 bridgehead atoms. The second kappa shape index (κ2) is 2.94. The summed E-state index contributed by atoms with van der Waals surface area (Å²) in [5, 5.41) is 3.14. The average Bonchev–Trinajstić information content (AvgIpc) is 2.58. The van der Waals surface area contributed by atoms with Crippen LogP contribution in [0.4, 0.5) is 5.13 Å². The van der Waals surface area contributed by atoms with Gasteiger partial charge in [0.15, 0.2) is 5.13 Å². The summed E-state index contributed by atoms with van der Waals surface area (Å²) in [6.07, 6.45) is 0. The Labute approximate surface area is 91.4 Å². The smallest absolute Gasteiger partial charge is 0.181 e. The zero-order chi connectivity index (χ0) is 10.4. The molecule has 1 heterocycles. The number of nitrogen functional groups attached to an aromatic ring is 1. The number of fused-ring (bicyclic) bond motifs is 3. The van der Waals surface area contributed by atoms with E-state index >= 15 is 0 Å². The van der Waals surface area contributed by atoms with E-state index in [9.17, 15) is 0 Å². The molecule has 0 radical (unpaired) electrons. The van der Waals surface area contributed by atoms with E-state index < -0.39 is 0 Å². The summed E-state index contributed by atoms with van der Waals surface area (Å²) >= 11 is 1.55. The van der Waals surface area contributed by atoms with Crippen LogP contribution < -0.4 is 5.73 Å². The van der Waals surface area contributed by atoms with E-state index in [2.05, 4.69) is 36.2 Å². The largest absolute Gasteiger partial charge is 0.375 e. The van der Waals surface area contributed by atoms with Gasteiger partial charge in [-0.25, -0.2) is 4.98 Å². The monoisotopic (exact) mass is 214 g/mol. The molecule has 0 unspecified atom stereocenters. The minimum atomic E-state index is 0.637.